The number of amides is 1. The Balaban J connectivity index is 1.78. The summed E-state index contributed by atoms with van der Waals surface area (Å²) >= 11 is 1.53. The van der Waals surface area contributed by atoms with E-state index in [1.807, 2.05) is 18.2 Å². The van der Waals surface area contributed by atoms with E-state index >= 15 is 0 Å². The number of nitrogens with one attached hydrogen (secondary N) is 1. The van der Waals surface area contributed by atoms with Crippen LogP contribution >= 0.6 is 11.3 Å². The highest BCUT2D eigenvalue weighted by molar-refractivity contribution is 7.14. The van der Waals surface area contributed by atoms with Gasteiger partial charge in [-0.25, -0.2) is 0 Å². The van der Waals surface area contributed by atoms with Crippen molar-refractivity contribution in [3.8, 4) is 6.07 Å². The lowest BCUT2D eigenvalue weighted by atomic mass is 10.2. The number of pyridine rings is 1. The molecule has 0 saturated heterocycles. The maximum atomic E-state index is 12.1. The number of nitrogens with zero attached hydrogens (tertiary/aromatic N) is 2. The number of carbonyl (C=O) groups excluding carboxylic acids is 1. The van der Waals surface area contributed by atoms with E-state index in [1.165, 1.54) is 35.3 Å². The molecule has 2 heterocycles. The molecule has 5 heteroatoms. The van der Waals surface area contributed by atoms with Crippen LogP contribution in [0.1, 0.15) is 38.9 Å². The number of thiophene rings is 1. The Morgan fingerprint density at radius 1 is 1.42 bits per heavy atom. The van der Waals surface area contributed by atoms with Crippen LogP contribution in [0.15, 0.2) is 30.6 Å². The quantitative estimate of drug-likeness (QED) is 0.930. The van der Waals surface area contributed by atoms with E-state index in [9.17, 15) is 4.79 Å². The van der Waals surface area contributed by atoms with E-state index in [4.69, 9.17) is 5.26 Å². The molecule has 0 aromatic carbocycles. The minimum absolute atomic E-state index is 0.167. The van der Waals surface area contributed by atoms with Crippen molar-refractivity contribution in [2.45, 2.75) is 18.8 Å². The largest absolute Gasteiger partial charge is 0.320 e. The highest BCUT2D eigenvalue weighted by Gasteiger charge is 2.26. The maximum absolute atomic E-state index is 12.1. The fraction of sp³-hybridized carbons (Fsp3) is 0.214. The highest BCUT2D eigenvalue weighted by Crippen LogP contribution is 2.43. The van der Waals surface area contributed by atoms with E-state index in [2.05, 4.69) is 10.3 Å². The van der Waals surface area contributed by atoms with Gasteiger partial charge in [-0.15, -0.1) is 11.3 Å². The Morgan fingerprint density at radius 3 is 3.00 bits per heavy atom. The molecule has 94 valence electrons. The van der Waals surface area contributed by atoms with E-state index in [-0.39, 0.29) is 5.91 Å². The van der Waals surface area contributed by atoms with Gasteiger partial charge in [0.25, 0.3) is 5.91 Å². The number of aromatic nitrogens is 1. The fourth-order valence-electron chi connectivity index (χ4n) is 1.84. The normalized spacial score (nSPS) is 13.8. The van der Waals surface area contributed by atoms with Crippen LogP contribution in [0.5, 0.6) is 0 Å². The van der Waals surface area contributed by atoms with Crippen LogP contribution in [0.4, 0.5) is 5.69 Å². The predicted molar refractivity (Wildman–Crippen MR) is 73.2 cm³/mol. The van der Waals surface area contributed by atoms with Crippen LogP contribution in [0.2, 0.25) is 0 Å². The molecule has 0 aliphatic heterocycles. The summed E-state index contributed by atoms with van der Waals surface area (Å²) in [5.74, 6) is 0.488. The van der Waals surface area contributed by atoms with E-state index < -0.39 is 0 Å². The molecule has 1 aliphatic carbocycles. The summed E-state index contributed by atoms with van der Waals surface area (Å²) in [4.78, 5) is 17.9. The molecule has 0 unspecified atom stereocenters. The summed E-state index contributed by atoms with van der Waals surface area (Å²) in [5.41, 5.74) is 0.874. The summed E-state index contributed by atoms with van der Waals surface area (Å²) in [5, 5.41) is 11.7. The lowest BCUT2D eigenvalue weighted by Gasteiger charge is -2.04. The fourth-order valence-corrected chi connectivity index (χ4v) is 2.91. The van der Waals surface area contributed by atoms with Gasteiger partial charge in [-0.3, -0.25) is 9.78 Å². The van der Waals surface area contributed by atoms with Crippen LogP contribution in [-0.2, 0) is 0 Å². The number of nitriles is 1. The highest BCUT2D eigenvalue weighted by atomic mass is 32.1. The lowest BCUT2D eigenvalue weighted by molar-refractivity contribution is 0.103. The van der Waals surface area contributed by atoms with Gasteiger partial charge in [-0.1, -0.05) is 0 Å². The Morgan fingerprint density at radius 2 is 2.26 bits per heavy atom. The van der Waals surface area contributed by atoms with Gasteiger partial charge in [-0.2, -0.15) is 5.26 Å². The molecule has 1 N–H and O–H groups in total. The van der Waals surface area contributed by atoms with Crippen molar-refractivity contribution in [3.63, 3.8) is 0 Å². The van der Waals surface area contributed by atoms with Gasteiger partial charge in [0, 0.05) is 17.3 Å². The van der Waals surface area contributed by atoms with Crippen molar-refractivity contribution in [3.05, 3.63) is 45.9 Å². The standard InChI is InChI=1S/C14H11N3OS/c15-7-10-8-16-6-5-11(10)17-14(18)13-4-3-12(19-13)9-1-2-9/h3-6,8-9H,1-2H2,(H,16,17,18). The van der Waals surface area contributed by atoms with Crippen LogP contribution in [0.3, 0.4) is 0 Å². The first-order valence-electron chi connectivity index (χ1n) is 6.03. The molecule has 0 spiro atoms. The van der Waals surface area contributed by atoms with Gasteiger partial charge in [0.05, 0.1) is 16.1 Å². The third kappa shape index (κ3) is 2.49. The molecule has 19 heavy (non-hydrogen) atoms. The second-order valence-corrected chi connectivity index (χ2v) is 5.58. The molecule has 0 radical (unpaired) electrons. The summed E-state index contributed by atoms with van der Waals surface area (Å²) in [7, 11) is 0. The Hall–Kier alpha value is -2.19. The van der Waals surface area contributed by atoms with Crippen LogP contribution in [-0.4, -0.2) is 10.9 Å². The molecule has 1 fully saturated rings. The van der Waals surface area contributed by atoms with Crippen molar-refractivity contribution in [2.75, 3.05) is 5.32 Å². The Kier molecular flexibility index (Phi) is 3.02. The van der Waals surface area contributed by atoms with E-state index in [0.29, 0.717) is 22.0 Å². The van der Waals surface area contributed by atoms with Crippen molar-refractivity contribution in [2.24, 2.45) is 0 Å². The summed E-state index contributed by atoms with van der Waals surface area (Å²) in [6.07, 6.45) is 5.45. The summed E-state index contributed by atoms with van der Waals surface area (Å²) in [6.45, 7) is 0. The van der Waals surface area contributed by atoms with Crippen molar-refractivity contribution < 1.29 is 4.79 Å². The van der Waals surface area contributed by atoms with Gasteiger partial charge in [0.2, 0.25) is 0 Å². The Bertz CT molecular complexity index is 667. The second-order valence-electron chi connectivity index (χ2n) is 4.46. The van der Waals surface area contributed by atoms with E-state index in [0.717, 1.165) is 0 Å². The van der Waals surface area contributed by atoms with E-state index in [1.54, 1.807) is 12.3 Å². The monoisotopic (exact) mass is 269 g/mol. The second kappa shape index (κ2) is 4.82. The van der Waals surface area contributed by atoms with Crippen LogP contribution < -0.4 is 5.32 Å². The van der Waals surface area contributed by atoms with Gasteiger partial charge in [0.1, 0.15) is 6.07 Å². The smallest absolute Gasteiger partial charge is 0.265 e. The molecule has 0 atom stereocenters. The zero-order valence-electron chi connectivity index (χ0n) is 10.1. The van der Waals surface area contributed by atoms with Crippen molar-refractivity contribution in [1.82, 2.24) is 4.98 Å². The molecular weight excluding hydrogens is 258 g/mol. The van der Waals surface area contributed by atoms with Crippen LogP contribution in [0, 0.1) is 11.3 Å². The SMILES string of the molecule is N#Cc1cnccc1NC(=O)c1ccc(C2CC2)s1. The first kappa shape index (κ1) is 11.9. The van der Waals surface area contributed by atoms with Crippen LogP contribution in [0.25, 0.3) is 0 Å². The first-order valence-corrected chi connectivity index (χ1v) is 6.85. The van der Waals surface area contributed by atoms with Gasteiger partial charge < -0.3 is 5.32 Å². The summed E-state index contributed by atoms with van der Waals surface area (Å²) < 4.78 is 0. The lowest BCUT2D eigenvalue weighted by Crippen LogP contribution is -2.11. The minimum atomic E-state index is -0.167. The molecule has 2 aromatic heterocycles. The van der Waals surface area contributed by atoms with Crippen molar-refractivity contribution >= 4 is 22.9 Å². The minimum Gasteiger partial charge on any atom is -0.320 e. The van der Waals surface area contributed by atoms with Gasteiger partial charge >= 0.3 is 0 Å². The third-order valence-electron chi connectivity index (χ3n) is 3.02. The molecule has 1 aliphatic rings. The average molecular weight is 269 g/mol. The molecule has 1 amide bonds. The Labute approximate surface area is 114 Å². The summed E-state index contributed by atoms with van der Waals surface area (Å²) in [6, 6.07) is 7.51. The molecule has 0 bridgehead atoms. The number of hydrogen-bond donors (Lipinski definition) is 1. The molecule has 4 nitrogen and oxygen atoms in total. The van der Waals surface area contributed by atoms with Crippen molar-refractivity contribution in [1.29, 1.82) is 5.26 Å². The topological polar surface area (TPSA) is 65.8 Å². The zero-order valence-corrected chi connectivity index (χ0v) is 10.9. The number of anilines is 1. The molecule has 1 saturated carbocycles. The molecule has 3 rings (SSSR count). The molecule has 2 aromatic rings. The number of rotatable bonds is 3. The number of hydrogen-bond acceptors (Lipinski definition) is 4. The average Bonchev–Trinajstić information content (AvgIpc) is 3.17. The molecular formula is C14H11N3OS. The maximum Gasteiger partial charge on any atom is 0.265 e. The third-order valence-corrected chi connectivity index (χ3v) is 4.27. The first-order chi connectivity index (χ1) is 9.28. The van der Waals surface area contributed by atoms with Gasteiger partial charge in [-0.05, 0) is 37.0 Å². The van der Waals surface area contributed by atoms with Gasteiger partial charge in [0.15, 0.2) is 0 Å². The predicted octanol–water partition coefficient (Wildman–Crippen LogP) is 3.14. The number of carbonyl (C=O) groups is 1. The zero-order chi connectivity index (χ0) is 13.2.